The van der Waals surface area contributed by atoms with E-state index in [9.17, 15) is 9.59 Å². The zero-order chi connectivity index (χ0) is 16.2. The van der Waals surface area contributed by atoms with Crippen LogP contribution in [0.3, 0.4) is 0 Å². The summed E-state index contributed by atoms with van der Waals surface area (Å²) >= 11 is 1.43. The molecule has 3 rings (SSSR count). The number of carbonyl (C=O) groups excluding carboxylic acids is 2. The molecule has 1 fully saturated rings. The van der Waals surface area contributed by atoms with Gasteiger partial charge in [-0.05, 0) is 32.1 Å². The fraction of sp³-hybridized carbons (Fsp3) is 0.625. The molecule has 0 spiro atoms. The lowest BCUT2D eigenvalue weighted by atomic mass is 9.99. The predicted molar refractivity (Wildman–Crippen MR) is 89.3 cm³/mol. The molecule has 6 nitrogen and oxygen atoms in total. The molecule has 1 aromatic rings. The zero-order valence-corrected chi connectivity index (χ0v) is 14.2. The molecule has 0 saturated carbocycles. The van der Waals surface area contributed by atoms with Crippen molar-refractivity contribution in [3.8, 4) is 0 Å². The number of nitrogens with zero attached hydrogens (tertiary/aromatic N) is 3. The molecular formula is C16H22N4O2S. The van der Waals surface area contributed by atoms with Crippen LogP contribution in [0.5, 0.6) is 0 Å². The van der Waals surface area contributed by atoms with E-state index < -0.39 is 0 Å². The highest BCUT2D eigenvalue weighted by molar-refractivity contribution is 7.15. The van der Waals surface area contributed by atoms with Gasteiger partial charge in [0.2, 0.25) is 16.9 Å². The Balaban J connectivity index is 1.56. The van der Waals surface area contributed by atoms with Crippen LogP contribution in [0, 0.1) is 5.92 Å². The van der Waals surface area contributed by atoms with Gasteiger partial charge in [0, 0.05) is 19.5 Å². The fourth-order valence-corrected chi connectivity index (χ4v) is 3.78. The van der Waals surface area contributed by atoms with Crippen LogP contribution < -0.4 is 10.2 Å². The normalized spacial score (nSPS) is 21.4. The van der Waals surface area contributed by atoms with Crippen molar-refractivity contribution in [3.63, 3.8) is 0 Å². The van der Waals surface area contributed by atoms with Crippen LogP contribution in [0.1, 0.15) is 44.0 Å². The standard InChI is InChI=1S/C16H22N4O2S/c1-2-13-18-19-16(23-13)20-10-12(8-14(20)21)15(22)17-9-11-6-4-3-5-7-11/h6,12H,2-5,7-10H2,1H3,(H,17,22). The third-order valence-corrected chi connectivity index (χ3v) is 5.45. The summed E-state index contributed by atoms with van der Waals surface area (Å²) in [5.41, 5.74) is 1.31. The van der Waals surface area contributed by atoms with Crippen molar-refractivity contribution in [3.05, 3.63) is 16.7 Å². The number of hydrogen-bond acceptors (Lipinski definition) is 5. The predicted octanol–water partition coefficient (Wildman–Crippen LogP) is 2.07. The molecule has 23 heavy (non-hydrogen) atoms. The minimum atomic E-state index is -0.291. The Morgan fingerprint density at radius 3 is 3.00 bits per heavy atom. The summed E-state index contributed by atoms with van der Waals surface area (Å²) in [5.74, 6) is -0.367. The third-order valence-electron chi connectivity index (χ3n) is 4.36. The summed E-state index contributed by atoms with van der Waals surface area (Å²) in [6, 6.07) is 0. The fourth-order valence-electron chi connectivity index (χ4n) is 2.97. The number of carbonyl (C=O) groups is 2. The van der Waals surface area contributed by atoms with Crippen molar-refractivity contribution < 1.29 is 9.59 Å². The Morgan fingerprint density at radius 1 is 1.43 bits per heavy atom. The minimum Gasteiger partial charge on any atom is -0.352 e. The molecule has 1 N–H and O–H groups in total. The van der Waals surface area contributed by atoms with Gasteiger partial charge in [-0.25, -0.2) is 0 Å². The van der Waals surface area contributed by atoms with E-state index in [0.717, 1.165) is 24.3 Å². The largest absolute Gasteiger partial charge is 0.352 e. The molecule has 2 aliphatic rings. The van der Waals surface area contributed by atoms with Crippen LogP contribution in [0.2, 0.25) is 0 Å². The number of hydrogen-bond donors (Lipinski definition) is 1. The number of aromatic nitrogens is 2. The maximum absolute atomic E-state index is 12.3. The van der Waals surface area contributed by atoms with E-state index in [4.69, 9.17) is 0 Å². The molecule has 2 amide bonds. The first-order valence-corrected chi connectivity index (χ1v) is 9.07. The summed E-state index contributed by atoms with van der Waals surface area (Å²) < 4.78 is 0. The van der Waals surface area contributed by atoms with E-state index in [1.807, 2.05) is 6.92 Å². The first kappa shape index (κ1) is 16.1. The van der Waals surface area contributed by atoms with E-state index >= 15 is 0 Å². The molecule has 2 heterocycles. The quantitative estimate of drug-likeness (QED) is 0.837. The molecule has 0 bridgehead atoms. The van der Waals surface area contributed by atoms with Gasteiger partial charge in [-0.2, -0.15) is 0 Å². The van der Waals surface area contributed by atoms with Crippen LogP contribution >= 0.6 is 11.3 Å². The molecular weight excluding hydrogens is 312 g/mol. The highest BCUT2D eigenvalue weighted by Crippen LogP contribution is 2.28. The molecule has 1 aromatic heterocycles. The van der Waals surface area contributed by atoms with Gasteiger partial charge in [0.05, 0.1) is 5.92 Å². The lowest BCUT2D eigenvalue weighted by Crippen LogP contribution is -2.34. The lowest BCUT2D eigenvalue weighted by molar-refractivity contribution is -0.126. The summed E-state index contributed by atoms with van der Waals surface area (Å²) in [6.07, 6.45) is 7.91. The second kappa shape index (κ2) is 7.21. The molecule has 1 saturated heterocycles. The van der Waals surface area contributed by atoms with Gasteiger partial charge in [0.25, 0.3) is 0 Å². The Bertz CT molecular complexity index is 625. The van der Waals surface area contributed by atoms with E-state index in [2.05, 4.69) is 21.6 Å². The van der Waals surface area contributed by atoms with E-state index in [1.54, 1.807) is 4.90 Å². The molecule has 0 radical (unpaired) electrons. The Labute approximate surface area is 140 Å². The van der Waals surface area contributed by atoms with Gasteiger partial charge < -0.3 is 5.32 Å². The van der Waals surface area contributed by atoms with Gasteiger partial charge >= 0.3 is 0 Å². The molecule has 0 aromatic carbocycles. The average molecular weight is 334 g/mol. The minimum absolute atomic E-state index is 0.0347. The van der Waals surface area contributed by atoms with Crippen LogP contribution in [0.15, 0.2) is 11.6 Å². The van der Waals surface area contributed by atoms with E-state index in [-0.39, 0.29) is 24.2 Å². The van der Waals surface area contributed by atoms with Crippen LogP contribution in [0.25, 0.3) is 0 Å². The Hall–Kier alpha value is -1.76. The SMILES string of the molecule is CCc1nnc(N2CC(C(=O)NCC3=CCCCC3)CC2=O)s1. The first-order valence-electron chi connectivity index (χ1n) is 8.25. The summed E-state index contributed by atoms with van der Waals surface area (Å²) in [5, 5.41) is 12.6. The van der Waals surface area contributed by atoms with Gasteiger partial charge in [0.1, 0.15) is 5.01 Å². The van der Waals surface area contributed by atoms with Crippen molar-refractivity contribution in [2.45, 2.75) is 45.4 Å². The molecule has 1 aliphatic heterocycles. The molecule has 1 atom stereocenters. The van der Waals surface area contributed by atoms with Crippen LogP contribution in [-0.4, -0.2) is 35.1 Å². The topological polar surface area (TPSA) is 75.2 Å². The Kier molecular flexibility index (Phi) is 5.05. The van der Waals surface area contributed by atoms with Crippen molar-refractivity contribution in [2.75, 3.05) is 18.0 Å². The molecule has 1 aliphatic carbocycles. The third kappa shape index (κ3) is 3.77. The lowest BCUT2D eigenvalue weighted by Gasteiger charge is -2.15. The number of anilines is 1. The Morgan fingerprint density at radius 2 is 2.30 bits per heavy atom. The van der Waals surface area contributed by atoms with Crippen LogP contribution in [0.4, 0.5) is 5.13 Å². The second-order valence-corrected chi connectivity index (χ2v) is 7.10. The molecule has 7 heteroatoms. The van der Waals surface area contributed by atoms with Gasteiger partial charge in [0.15, 0.2) is 0 Å². The number of aryl methyl sites for hydroxylation is 1. The van der Waals surface area contributed by atoms with Gasteiger partial charge in [-0.3, -0.25) is 14.5 Å². The summed E-state index contributed by atoms with van der Waals surface area (Å²) in [6.45, 7) is 3.02. The number of nitrogens with one attached hydrogen (secondary N) is 1. The highest BCUT2D eigenvalue weighted by atomic mass is 32.1. The van der Waals surface area contributed by atoms with Crippen molar-refractivity contribution in [1.29, 1.82) is 0 Å². The van der Waals surface area contributed by atoms with Crippen molar-refractivity contribution >= 4 is 28.3 Å². The number of amides is 2. The maximum Gasteiger partial charge on any atom is 0.229 e. The maximum atomic E-state index is 12.3. The van der Waals surface area contributed by atoms with Crippen LogP contribution in [-0.2, 0) is 16.0 Å². The highest BCUT2D eigenvalue weighted by Gasteiger charge is 2.36. The van der Waals surface area contributed by atoms with Crippen molar-refractivity contribution in [1.82, 2.24) is 15.5 Å². The molecule has 124 valence electrons. The van der Waals surface area contributed by atoms with Gasteiger partial charge in [-0.1, -0.05) is 29.9 Å². The number of allylic oxidation sites excluding steroid dienone is 1. The smallest absolute Gasteiger partial charge is 0.229 e. The molecule has 1 unspecified atom stereocenters. The zero-order valence-electron chi connectivity index (χ0n) is 13.4. The summed E-state index contributed by atoms with van der Waals surface area (Å²) in [4.78, 5) is 26.1. The van der Waals surface area contributed by atoms with Gasteiger partial charge in [-0.15, -0.1) is 10.2 Å². The first-order chi connectivity index (χ1) is 11.2. The second-order valence-electron chi connectivity index (χ2n) is 6.06. The summed E-state index contributed by atoms with van der Waals surface area (Å²) in [7, 11) is 0. The monoisotopic (exact) mass is 334 g/mol. The van der Waals surface area contributed by atoms with E-state index in [1.165, 1.54) is 29.8 Å². The number of rotatable bonds is 5. The van der Waals surface area contributed by atoms with Crippen molar-refractivity contribution in [2.24, 2.45) is 5.92 Å². The average Bonchev–Trinajstić information content (AvgIpc) is 3.19. The van der Waals surface area contributed by atoms with E-state index in [0.29, 0.717) is 18.2 Å².